The number of nitrogens with zero attached hydrogens (tertiary/aromatic N) is 3. The first-order valence-electron chi connectivity index (χ1n) is 5.43. The van der Waals surface area contributed by atoms with Crippen LogP contribution in [0.25, 0.3) is 0 Å². The van der Waals surface area contributed by atoms with E-state index < -0.39 is 12.1 Å². The number of hydrogen-bond donors (Lipinski definition) is 3. The summed E-state index contributed by atoms with van der Waals surface area (Å²) in [6.45, 7) is 0. The first kappa shape index (κ1) is 16.5. The maximum Gasteiger partial charge on any atom is 0.573 e. The van der Waals surface area contributed by atoms with Crippen molar-refractivity contribution in [2.24, 2.45) is 10.2 Å². The van der Waals surface area contributed by atoms with Gasteiger partial charge in [0.2, 0.25) is 0 Å². The topological polar surface area (TPSA) is 115 Å². The second kappa shape index (κ2) is 6.12. The number of nitrogens with one attached hydrogen (secondary N) is 1. The largest absolute Gasteiger partial charge is 0.573 e. The summed E-state index contributed by atoms with van der Waals surface area (Å²) >= 11 is 6.18. The molecule has 0 fully saturated rings. The second-order valence-electron chi connectivity index (χ2n) is 3.85. The first-order chi connectivity index (χ1) is 10.2. The van der Waals surface area contributed by atoms with Crippen LogP contribution in [-0.2, 0) is 0 Å². The molecule has 0 saturated carbocycles. The van der Waals surface area contributed by atoms with E-state index in [1.54, 1.807) is 0 Å². The number of azo groups is 1. The van der Waals surface area contributed by atoms with Crippen LogP contribution in [0.3, 0.4) is 0 Å². The van der Waals surface area contributed by atoms with Crippen LogP contribution < -0.4 is 16.2 Å². The first-order valence-corrected chi connectivity index (χ1v) is 7.02. The van der Waals surface area contributed by atoms with E-state index >= 15 is 0 Å². The van der Waals surface area contributed by atoms with E-state index in [1.165, 1.54) is 0 Å². The van der Waals surface area contributed by atoms with Crippen molar-refractivity contribution < 1.29 is 17.9 Å². The number of hydrogen-bond acceptors (Lipinski definition) is 6. The van der Waals surface area contributed by atoms with Crippen molar-refractivity contribution in [2.45, 2.75) is 6.36 Å². The van der Waals surface area contributed by atoms with Crippen LogP contribution >= 0.6 is 31.9 Å². The fraction of sp³-hybridized carbons (Fsp3) is 0.100. The molecule has 0 spiro atoms. The number of nitrogen functional groups attached to an aromatic ring is 2. The van der Waals surface area contributed by atoms with Crippen molar-refractivity contribution in [3.8, 4) is 5.75 Å². The van der Waals surface area contributed by atoms with Gasteiger partial charge in [-0.25, -0.2) is 0 Å². The van der Waals surface area contributed by atoms with E-state index in [1.807, 2.05) is 0 Å². The monoisotopic (exact) mass is 442 g/mol. The Morgan fingerprint density at radius 3 is 2.09 bits per heavy atom. The highest BCUT2D eigenvalue weighted by atomic mass is 79.9. The number of nitrogens with two attached hydrogens (primary N) is 2. The molecule has 22 heavy (non-hydrogen) atoms. The van der Waals surface area contributed by atoms with Gasteiger partial charge in [-0.2, -0.15) is 5.10 Å². The standard InChI is InChI=1S/C10H7Br2F3N6O/c11-4-1-3(22-10(13,14)15)2-5(12)6(4)18-19-7-8(16)20-21-9(7)17/h1-2H,(H5,16,17,20,21). The molecular weight excluding hydrogens is 437 g/mol. The van der Waals surface area contributed by atoms with Gasteiger partial charge < -0.3 is 16.2 Å². The molecule has 1 heterocycles. The quantitative estimate of drug-likeness (QED) is 0.609. The average molecular weight is 444 g/mol. The Bertz CT molecular complexity index is 687. The molecule has 5 N–H and O–H groups in total. The van der Waals surface area contributed by atoms with E-state index in [9.17, 15) is 13.2 Å². The molecule has 0 radical (unpaired) electrons. The number of aromatic nitrogens is 2. The molecule has 1 aromatic carbocycles. The molecule has 12 heteroatoms. The van der Waals surface area contributed by atoms with Gasteiger partial charge in [0.25, 0.3) is 0 Å². The second-order valence-corrected chi connectivity index (χ2v) is 5.56. The number of H-pyrrole nitrogens is 1. The van der Waals surface area contributed by atoms with E-state index in [4.69, 9.17) is 11.5 Å². The molecule has 2 rings (SSSR count). The molecule has 0 atom stereocenters. The van der Waals surface area contributed by atoms with Gasteiger partial charge in [0, 0.05) is 8.95 Å². The zero-order valence-corrected chi connectivity index (χ0v) is 13.6. The molecule has 0 unspecified atom stereocenters. The molecule has 0 saturated heterocycles. The summed E-state index contributed by atoms with van der Waals surface area (Å²) in [6, 6.07) is 2.21. The Morgan fingerprint density at radius 1 is 1.09 bits per heavy atom. The predicted molar refractivity (Wildman–Crippen MR) is 80.1 cm³/mol. The van der Waals surface area contributed by atoms with Crippen molar-refractivity contribution in [1.82, 2.24) is 10.2 Å². The fourth-order valence-electron chi connectivity index (χ4n) is 1.40. The zero-order valence-electron chi connectivity index (χ0n) is 10.4. The summed E-state index contributed by atoms with van der Waals surface area (Å²) < 4.78 is 40.9. The molecule has 0 aliphatic carbocycles. The van der Waals surface area contributed by atoms with Crippen LogP contribution in [0.2, 0.25) is 0 Å². The van der Waals surface area contributed by atoms with Gasteiger partial charge >= 0.3 is 6.36 Å². The summed E-state index contributed by atoms with van der Waals surface area (Å²) in [4.78, 5) is 0. The minimum atomic E-state index is -4.79. The Labute approximate surface area is 138 Å². The van der Waals surface area contributed by atoms with Crippen molar-refractivity contribution in [3.05, 3.63) is 21.1 Å². The molecular formula is C10H7Br2F3N6O. The van der Waals surface area contributed by atoms with E-state index in [0.29, 0.717) is 0 Å². The maximum atomic E-state index is 12.2. The number of aromatic amines is 1. The minimum Gasteiger partial charge on any atom is -0.406 e. The smallest absolute Gasteiger partial charge is 0.406 e. The van der Waals surface area contributed by atoms with Gasteiger partial charge in [-0.1, -0.05) is 0 Å². The molecule has 7 nitrogen and oxygen atoms in total. The van der Waals surface area contributed by atoms with Crippen LogP contribution in [0.4, 0.5) is 36.2 Å². The lowest BCUT2D eigenvalue weighted by Gasteiger charge is -2.10. The van der Waals surface area contributed by atoms with Gasteiger partial charge in [0.15, 0.2) is 11.5 Å². The molecule has 1 aromatic heterocycles. The van der Waals surface area contributed by atoms with Crippen LogP contribution in [0.15, 0.2) is 31.3 Å². The lowest BCUT2D eigenvalue weighted by Crippen LogP contribution is -2.17. The lowest BCUT2D eigenvalue weighted by atomic mass is 10.3. The fourth-order valence-corrected chi connectivity index (χ4v) is 2.70. The highest BCUT2D eigenvalue weighted by Crippen LogP contribution is 2.40. The van der Waals surface area contributed by atoms with Crippen LogP contribution in [0.1, 0.15) is 0 Å². The Kier molecular flexibility index (Phi) is 4.60. The maximum absolute atomic E-state index is 12.2. The van der Waals surface area contributed by atoms with Gasteiger partial charge in [0.1, 0.15) is 17.3 Å². The summed E-state index contributed by atoms with van der Waals surface area (Å²) in [5, 5.41) is 13.8. The van der Waals surface area contributed by atoms with Gasteiger partial charge in [-0.15, -0.1) is 23.4 Å². The lowest BCUT2D eigenvalue weighted by molar-refractivity contribution is -0.274. The van der Waals surface area contributed by atoms with Gasteiger partial charge in [-0.3, -0.25) is 5.10 Å². The summed E-state index contributed by atoms with van der Waals surface area (Å²) in [6.07, 6.45) is -4.79. The van der Waals surface area contributed by atoms with Crippen molar-refractivity contribution >= 4 is 54.9 Å². The third kappa shape index (κ3) is 3.88. The van der Waals surface area contributed by atoms with Crippen LogP contribution in [-0.4, -0.2) is 16.6 Å². The zero-order chi connectivity index (χ0) is 16.5. The SMILES string of the molecule is Nc1n[nH]c(N)c1N=Nc1c(Br)cc(OC(F)(F)F)cc1Br. The Balaban J connectivity index is 2.33. The molecule has 118 valence electrons. The molecule has 0 aliphatic heterocycles. The van der Waals surface area contributed by atoms with Crippen molar-refractivity contribution in [2.75, 3.05) is 11.5 Å². The molecule has 0 amide bonds. The third-order valence-electron chi connectivity index (χ3n) is 2.27. The minimum absolute atomic E-state index is 0.0468. The third-order valence-corrected chi connectivity index (χ3v) is 3.48. The average Bonchev–Trinajstić information content (AvgIpc) is 2.67. The number of ether oxygens (including phenoxy) is 1. The van der Waals surface area contributed by atoms with E-state index in [2.05, 4.69) is 57.0 Å². The predicted octanol–water partition coefficient (Wildman–Crippen LogP) is 4.41. The van der Waals surface area contributed by atoms with E-state index in [-0.39, 0.29) is 32.0 Å². The number of alkyl halides is 3. The Morgan fingerprint density at radius 2 is 1.64 bits per heavy atom. The van der Waals surface area contributed by atoms with Crippen molar-refractivity contribution in [1.29, 1.82) is 0 Å². The number of rotatable bonds is 3. The van der Waals surface area contributed by atoms with Crippen molar-refractivity contribution in [3.63, 3.8) is 0 Å². The number of anilines is 2. The number of halogens is 5. The highest BCUT2D eigenvalue weighted by Gasteiger charge is 2.31. The Hall–Kier alpha value is -1.82. The van der Waals surface area contributed by atoms with Gasteiger partial charge in [0.05, 0.1) is 0 Å². The van der Waals surface area contributed by atoms with Gasteiger partial charge in [-0.05, 0) is 44.0 Å². The summed E-state index contributed by atoms with van der Waals surface area (Å²) in [5.74, 6) is -0.247. The van der Waals surface area contributed by atoms with Crippen LogP contribution in [0.5, 0.6) is 5.75 Å². The van der Waals surface area contributed by atoms with Crippen LogP contribution in [0, 0.1) is 0 Å². The molecule has 0 aliphatic rings. The molecule has 2 aromatic rings. The summed E-state index contributed by atoms with van der Waals surface area (Å²) in [7, 11) is 0. The number of benzene rings is 1. The molecule has 0 bridgehead atoms. The normalized spacial score (nSPS) is 12.0. The highest BCUT2D eigenvalue weighted by molar-refractivity contribution is 9.11. The summed E-state index contributed by atoms with van der Waals surface area (Å²) in [5.41, 5.74) is 11.5. The van der Waals surface area contributed by atoms with E-state index in [0.717, 1.165) is 12.1 Å².